The van der Waals surface area contributed by atoms with Gasteiger partial charge in [0.25, 0.3) is 5.19 Å². The zero-order valence-corrected chi connectivity index (χ0v) is 15.1. The zero-order chi connectivity index (χ0) is 17.4. The van der Waals surface area contributed by atoms with Gasteiger partial charge in [-0.3, -0.25) is 0 Å². The topological polar surface area (TPSA) is 68.7 Å². The second-order valence-corrected chi connectivity index (χ2v) is 8.56. The molecular weight excluding hydrogens is 360 g/mol. The van der Waals surface area contributed by atoms with Gasteiger partial charge in [0, 0.05) is 0 Å². The Bertz CT molecular complexity index is 977. The lowest BCUT2D eigenvalue weighted by Crippen LogP contribution is -2.55. The van der Waals surface area contributed by atoms with Crippen LogP contribution in [0, 0.1) is 0 Å². The minimum Gasteiger partial charge on any atom is -0.495 e. The van der Waals surface area contributed by atoms with Gasteiger partial charge in [-0.2, -0.15) is 4.31 Å². The minimum absolute atomic E-state index is 0.177. The quantitative estimate of drug-likeness (QED) is 0.685. The number of methoxy groups -OCH3 is 1. The van der Waals surface area contributed by atoms with Gasteiger partial charge in [-0.1, -0.05) is 35.6 Å². The lowest BCUT2D eigenvalue weighted by Gasteiger charge is -2.37. The molecule has 2 heterocycles. The molecule has 0 atom stereocenters. The van der Waals surface area contributed by atoms with E-state index >= 15 is 0 Å². The van der Waals surface area contributed by atoms with Crippen LogP contribution in [0.3, 0.4) is 0 Å². The van der Waals surface area contributed by atoms with Crippen molar-refractivity contribution in [2.45, 2.75) is 11.0 Å². The summed E-state index contributed by atoms with van der Waals surface area (Å²) in [5.74, 6) is 0.345. The predicted octanol–water partition coefficient (Wildman–Crippen LogP) is 2.76. The molecule has 25 heavy (non-hydrogen) atoms. The number of rotatable bonds is 5. The van der Waals surface area contributed by atoms with Crippen LogP contribution in [0.25, 0.3) is 10.2 Å². The van der Waals surface area contributed by atoms with E-state index in [2.05, 4.69) is 4.98 Å². The summed E-state index contributed by atoms with van der Waals surface area (Å²) < 4.78 is 38.8. The van der Waals surface area contributed by atoms with E-state index in [1.54, 1.807) is 24.3 Å². The van der Waals surface area contributed by atoms with Gasteiger partial charge in [0.1, 0.15) is 16.7 Å². The van der Waals surface area contributed by atoms with E-state index in [0.29, 0.717) is 24.0 Å². The van der Waals surface area contributed by atoms with Crippen molar-refractivity contribution in [3.63, 3.8) is 0 Å². The van der Waals surface area contributed by atoms with Gasteiger partial charge in [-0.15, -0.1) is 0 Å². The molecule has 0 saturated carbocycles. The van der Waals surface area contributed by atoms with Gasteiger partial charge in [0.2, 0.25) is 10.0 Å². The molecule has 0 amide bonds. The van der Waals surface area contributed by atoms with Crippen molar-refractivity contribution < 1.29 is 17.9 Å². The van der Waals surface area contributed by atoms with Gasteiger partial charge in [0.05, 0.1) is 30.4 Å². The highest BCUT2D eigenvalue weighted by molar-refractivity contribution is 7.89. The van der Waals surface area contributed by atoms with Crippen LogP contribution in [0.2, 0.25) is 0 Å². The first-order chi connectivity index (χ1) is 12.1. The standard InChI is InChI=1S/C17H16N2O4S2/c1-22-14-7-3-5-9-16(14)25(20,21)19-10-12(11-19)23-17-18-13-6-2-4-8-15(13)24-17/h2-9,12H,10-11H2,1H3. The zero-order valence-electron chi connectivity index (χ0n) is 13.5. The Morgan fingerprint density at radius 2 is 1.84 bits per heavy atom. The SMILES string of the molecule is COc1ccccc1S(=O)(=O)N1CC(Oc2nc3ccccc3s2)C1. The van der Waals surface area contributed by atoms with E-state index in [-0.39, 0.29) is 11.0 Å². The summed E-state index contributed by atoms with van der Waals surface area (Å²) in [6.45, 7) is 0.604. The monoisotopic (exact) mass is 376 g/mol. The molecule has 130 valence electrons. The maximum Gasteiger partial charge on any atom is 0.274 e. The van der Waals surface area contributed by atoms with Gasteiger partial charge >= 0.3 is 0 Å². The van der Waals surface area contributed by atoms with Crippen LogP contribution < -0.4 is 9.47 Å². The summed E-state index contributed by atoms with van der Waals surface area (Å²) in [4.78, 5) is 4.59. The molecule has 2 aromatic carbocycles. The molecule has 3 aromatic rings. The van der Waals surface area contributed by atoms with Crippen molar-refractivity contribution in [3.05, 3.63) is 48.5 Å². The Morgan fingerprint density at radius 1 is 1.12 bits per heavy atom. The highest BCUT2D eigenvalue weighted by atomic mass is 32.2. The molecule has 1 aliphatic rings. The van der Waals surface area contributed by atoms with E-state index < -0.39 is 10.0 Å². The van der Waals surface area contributed by atoms with E-state index in [0.717, 1.165) is 10.2 Å². The van der Waals surface area contributed by atoms with Crippen LogP contribution in [-0.2, 0) is 10.0 Å². The van der Waals surface area contributed by atoms with Crippen molar-refractivity contribution in [3.8, 4) is 10.9 Å². The number of ether oxygens (including phenoxy) is 2. The number of para-hydroxylation sites is 2. The Balaban J connectivity index is 1.46. The smallest absolute Gasteiger partial charge is 0.274 e. The summed E-state index contributed by atoms with van der Waals surface area (Å²) in [5.41, 5.74) is 0.889. The Morgan fingerprint density at radius 3 is 2.60 bits per heavy atom. The second kappa shape index (κ2) is 6.29. The average Bonchev–Trinajstić information content (AvgIpc) is 3.00. The molecule has 0 bridgehead atoms. The van der Waals surface area contributed by atoms with Gasteiger partial charge in [-0.05, 0) is 24.3 Å². The minimum atomic E-state index is -3.58. The molecule has 8 heteroatoms. The van der Waals surface area contributed by atoms with Crippen molar-refractivity contribution in [1.82, 2.24) is 9.29 Å². The fourth-order valence-corrected chi connectivity index (χ4v) is 5.23. The maximum absolute atomic E-state index is 12.7. The molecule has 0 spiro atoms. The fourth-order valence-electron chi connectivity index (χ4n) is 2.69. The normalized spacial score (nSPS) is 15.9. The predicted molar refractivity (Wildman–Crippen MR) is 95.8 cm³/mol. The van der Waals surface area contributed by atoms with Crippen molar-refractivity contribution in [1.29, 1.82) is 0 Å². The first-order valence-electron chi connectivity index (χ1n) is 7.73. The molecule has 0 radical (unpaired) electrons. The Labute approximate surface area is 149 Å². The molecule has 1 saturated heterocycles. The summed E-state index contributed by atoms with van der Waals surface area (Å²) in [6.07, 6.45) is -0.190. The van der Waals surface area contributed by atoms with Crippen molar-refractivity contribution in [2.75, 3.05) is 20.2 Å². The number of thiazole rings is 1. The molecule has 1 fully saturated rings. The number of fused-ring (bicyclic) bond motifs is 1. The van der Waals surface area contributed by atoms with Crippen LogP contribution in [0.15, 0.2) is 53.4 Å². The van der Waals surface area contributed by atoms with Crippen LogP contribution in [0.4, 0.5) is 0 Å². The third kappa shape index (κ3) is 2.97. The van der Waals surface area contributed by atoms with Crippen molar-refractivity contribution >= 4 is 31.6 Å². The largest absolute Gasteiger partial charge is 0.495 e. The van der Waals surface area contributed by atoms with Crippen LogP contribution in [-0.4, -0.2) is 44.0 Å². The molecule has 1 aliphatic heterocycles. The summed E-state index contributed by atoms with van der Waals surface area (Å²) in [6, 6.07) is 14.4. The number of benzene rings is 2. The highest BCUT2D eigenvalue weighted by Gasteiger charge is 2.39. The fraction of sp³-hybridized carbons (Fsp3) is 0.235. The lowest BCUT2D eigenvalue weighted by atomic mass is 10.2. The summed E-state index contributed by atoms with van der Waals surface area (Å²) in [5, 5.41) is 0.570. The first kappa shape index (κ1) is 16.3. The second-order valence-electron chi connectivity index (χ2n) is 5.66. The van der Waals surface area contributed by atoms with Crippen LogP contribution >= 0.6 is 11.3 Å². The third-order valence-corrected chi connectivity index (χ3v) is 6.84. The Kier molecular flexibility index (Phi) is 4.10. The average molecular weight is 376 g/mol. The summed E-state index contributed by atoms with van der Waals surface area (Å²) in [7, 11) is -2.12. The number of nitrogens with zero attached hydrogens (tertiary/aromatic N) is 2. The van der Waals surface area contributed by atoms with Crippen LogP contribution in [0.5, 0.6) is 10.9 Å². The van der Waals surface area contributed by atoms with Crippen LogP contribution in [0.1, 0.15) is 0 Å². The van der Waals surface area contributed by atoms with E-state index in [9.17, 15) is 8.42 Å². The number of sulfonamides is 1. The first-order valence-corrected chi connectivity index (χ1v) is 9.99. The van der Waals surface area contributed by atoms with Gasteiger partial charge in [-0.25, -0.2) is 13.4 Å². The molecule has 6 nitrogen and oxygen atoms in total. The van der Waals surface area contributed by atoms with E-state index in [1.165, 1.54) is 22.8 Å². The Hall–Kier alpha value is -2.16. The van der Waals surface area contributed by atoms with Crippen molar-refractivity contribution in [2.24, 2.45) is 0 Å². The molecule has 1 aromatic heterocycles. The molecule has 0 N–H and O–H groups in total. The maximum atomic E-state index is 12.7. The van der Waals surface area contributed by atoms with E-state index in [1.807, 2.05) is 24.3 Å². The molecule has 0 aliphatic carbocycles. The number of hydrogen-bond donors (Lipinski definition) is 0. The number of hydrogen-bond acceptors (Lipinski definition) is 6. The third-order valence-electron chi connectivity index (χ3n) is 4.04. The van der Waals surface area contributed by atoms with Gasteiger partial charge < -0.3 is 9.47 Å². The van der Waals surface area contributed by atoms with E-state index in [4.69, 9.17) is 9.47 Å². The lowest BCUT2D eigenvalue weighted by molar-refractivity contribution is 0.0760. The van der Waals surface area contributed by atoms with Gasteiger partial charge in [0.15, 0.2) is 0 Å². The molecular formula is C17H16N2O4S2. The molecule has 0 unspecified atom stereocenters. The highest BCUT2D eigenvalue weighted by Crippen LogP contribution is 2.32. The summed E-state index contributed by atoms with van der Waals surface area (Å²) >= 11 is 1.46. The molecule has 4 rings (SSSR count). The number of aromatic nitrogens is 1.